The highest BCUT2D eigenvalue weighted by molar-refractivity contribution is 14.1. The molecule has 1 heterocycles. The van der Waals surface area contributed by atoms with Crippen molar-refractivity contribution in [3.8, 4) is 11.5 Å². The molecule has 0 fully saturated rings. The molecule has 216 valence electrons. The summed E-state index contributed by atoms with van der Waals surface area (Å²) in [6, 6.07) is 3.92. The normalized spacial score (nSPS) is 18.4. The lowest BCUT2D eigenvalue weighted by Crippen LogP contribution is -2.54. The summed E-state index contributed by atoms with van der Waals surface area (Å²) in [5.74, 6) is -0.276. The molecule has 3 N–H and O–H groups in total. The van der Waals surface area contributed by atoms with Gasteiger partial charge in [-0.3, -0.25) is 14.4 Å². The van der Waals surface area contributed by atoms with E-state index in [0.29, 0.717) is 27.4 Å². The number of aliphatic hydroxyl groups excluding tert-OH is 2. The number of Topliss-reactive ketones (excluding diaryl/α,β-unsaturated/α-hetero) is 1. The smallest absolute Gasteiger partial charge is 0.247 e. The number of carbonyl (C=O) groups excluding carboxylic acids is 4. The average molecular weight is 668 g/mol. The number of halogens is 1. The first-order valence-corrected chi connectivity index (χ1v) is 13.8. The molecule has 0 unspecified atom stereocenters. The number of nitrogens with one attached hydrogen (secondary N) is 1. The Morgan fingerprint density at radius 1 is 1.27 bits per heavy atom. The van der Waals surface area contributed by atoms with Gasteiger partial charge in [0, 0.05) is 49.1 Å². The number of methoxy groups -OCH3 is 1. The summed E-state index contributed by atoms with van der Waals surface area (Å²) in [6.07, 6.45) is 3.48. The second-order valence-electron chi connectivity index (χ2n) is 9.38. The van der Waals surface area contributed by atoms with E-state index in [1.807, 2.05) is 22.6 Å². The fourth-order valence-corrected chi connectivity index (χ4v) is 5.19. The molecule has 0 saturated heterocycles. The van der Waals surface area contributed by atoms with Crippen LogP contribution in [-0.4, -0.2) is 77.5 Å². The molecular weight excluding hydrogens is 635 g/mol. The zero-order valence-corrected chi connectivity index (χ0v) is 24.5. The van der Waals surface area contributed by atoms with Gasteiger partial charge in [-0.05, 0) is 60.2 Å². The first kappa shape index (κ1) is 31.3. The molecule has 40 heavy (non-hydrogen) atoms. The molecule has 2 aromatic rings. The number of rotatable bonds is 14. The SMILES string of the molecule is COc1cc(C=O)cc(I)c1O[C@H]1C=C(C(=O)NCCO)C[C@@H](N(Cc2ccoc2)C(=O)CCCC(C)=O)[C@@H]1O. The third-order valence-corrected chi connectivity index (χ3v) is 7.23. The minimum atomic E-state index is -1.26. The Hall–Kier alpha value is -3.23. The summed E-state index contributed by atoms with van der Waals surface area (Å²) in [5.41, 5.74) is 1.32. The van der Waals surface area contributed by atoms with Gasteiger partial charge in [-0.25, -0.2) is 0 Å². The van der Waals surface area contributed by atoms with Gasteiger partial charge in [0.2, 0.25) is 11.8 Å². The lowest BCUT2D eigenvalue weighted by atomic mass is 9.87. The topological polar surface area (TPSA) is 156 Å². The van der Waals surface area contributed by atoms with Crippen LogP contribution in [0.3, 0.4) is 0 Å². The molecule has 3 atom stereocenters. The van der Waals surface area contributed by atoms with Crippen LogP contribution in [0.15, 0.2) is 46.8 Å². The highest BCUT2D eigenvalue weighted by atomic mass is 127. The van der Waals surface area contributed by atoms with E-state index < -0.39 is 24.2 Å². The maximum Gasteiger partial charge on any atom is 0.247 e. The van der Waals surface area contributed by atoms with E-state index in [2.05, 4.69) is 5.32 Å². The number of ether oxygens (including phenoxy) is 2. The summed E-state index contributed by atoms with van der Waals surface area (Å²) < 4.78 is 17.3. The molecule has 0 spiro atoms. The summed E-state index contributed by atoms with van der Waals surface area (Å²) in [4.78, 5) is 50.7. The summed E-state index contributed by atoms with van der Waals surface area (Å²) in [7, 11) is 1.42. The van der Waals surface area contributed by atoms with Crippen molar-refractivity contribution in [1.82, 2.24) is 10.2 Å². The van der Waals surface area contributed by atoms with E-state index in [1.165, 1.54) is 43.6 Å². The van der Waals surface area contributed by atoms with Crippen molar-refractivity contribution in [3.05, 3.63) is 57.1 Å². The summed E-state index contributed by atoms with van der Waals surface area (Å²) in [5, 5.41) is 23.4. The molecular formula is C28H33IN2O9. The van der Waals surface area contributed by atoms with Crippen LogP contribution in [0, 0.1) is 3.57 Å². The monoisotopic (exact) mass is 668 g/mol. The van der Waals surface area contributed by atoms with Crippen molar-refractivity contribution >= 4 is 46.5 Å². The van der Waals surface area contributed by atoms with Gasteiger partial charge in [0.05, 0.1) is 35.9 Å². The number of furan rings is 1. The van der Waals surface area contributed by atoms with Gasteiger partial charge in [-0.1, -0.05) is 0 Å². The molecule has 2 amide bonds. The van der Waals surface area contributed by atoms with Crippen molar-refractivity contribution in [2.75, 3.05) is 20.3 Å². The van der Waals surface area contributed by atoms with Crippen LogP contribution in [0.2, 0.25) is 0 Å². The van der Waals surface area contributed by atoms with Crippen LogP contribution in [-0.2, 0) is 20.9 Å². The summed E-state index contributed by atoms with van der Waals surface area (Å²) >= 11 is 1.99. The molecule has 0 radical (unpaired) electrons. The quantitative estimate of drug-likeness (QED) is 0.203. The largest absolute Gasteiger partial charge is 0.493 e. The van der Waals surface area contributed by atoms with E-state index in [-0.39, 0.29) is 67.7 Å². The Kier molecular flexibility index (Phi) is 11.7. The zero-order valence-electron chi connectivity index (χ0n) is 22.3. The highest BCUT2D eigenvalue weighted by Crippen LogP contribution is 2.37. The Morgan fingerprint density at radius 3 is 2.67 bits per heavy atom. The fourth-order valence-electron chi connectivity index (χ4n) is 4.44. The summed E-state index contributed by atoms with van der Waals surface area (Å²) in [6.45, 7) is 1.32. The van der Waals surface area contributed by atoms with Gasteiger partial charge >= 0.3 is 0 Å². The number of aliphatic hydroxyl groups is 2. The molecule has 3 rings (SSSR count). The number of carbonyl (C=O) groups is 4. The minimum Gasteiger partial charge on any atom is -0.493 e. The third kappa shape index (κ3) is 8.15. The first-order chi connectivity index (χ1) is 19.2. The van der Waals surface area contributed by atoms with Gasteiger partial charge in [-0.15, -0.1) is 0 Å². The van der Waals surface area contributed by atoms with E-state index >= 15 is 0 Å². The van der Waals surface area contributed by atoms with Crippen LogP contribution in [0.4, 0.5) is 0 Å². The van der Waals surface area contributed by atoms with Gasteiger partial charge in [0.25, 0.3) is 0 Å². The van der Waals surface area contributed by atoms with E-state index in [4.69, 9.17) is 13.9 Å². The molecule has 0 saturated carbocycles. The Labute approximate surface area is 245 Å². The fraction of sp³-hybridized carbons (Fsp3) is 0.429. The first-order valence-electron chi connectivity index (χ1n) is 12.8. The van der Waals surface area contributed by atoms with Crippen LogP contribution >= 0.6 is 22.6 Å². The van der Waals surface area contributed by atoms with E-state index in [1.54, 1.807) is 12.1 Å². The lowest BCUT2D eigenvalue weighted by molar-refractivity contribution is -0.139. The Balaban J connectivity index is 2.00. The lowest BCUT2D eigenvalue weighted by Gasteiger charge is -2.40. The maximum absolute atomic E-state index is 13.5. The number of amides is 2. The molecule has 0 bridgehead atoms. The van der Waals surface area contributed by atoms with Crippen molar-refractivity contribution in [3.63, 3.8) is 0 Å². The number of nitrogens with zero attached hydrogens (tertiary/aromatic N) is 1. The average Bonchev–Trinajstić information content (AvgIpc) is 3.45. The van der Waals surface area contributed by atoms with Gasteiger partial charge < -0.3 is 39.1 Å². The number of ketones is 1. The predicted molar refractivity (Wildman–Crippen MR) is 152 cm³/mol. The van der Waals surface area contributed by atoms with Crippen molar-refractivity contribution in [2.24, 2.45) is 0 Å². The number of benzene rings is 1. The third-order valence-electron chi connectivity index (χ3n) is 6.43. The van der Waals surface area contributed by atoms with Gasteiger partial charge in [-0.2, -0.15) is 0 Å². The standard InChI is InChI=1S/C28H33IN2O9/c1-17(34)4-3-5-25(35)31(14-18-6-9-39-16-18)22-12-20(28(37)30-7-8-32)13-23(26(22)36)40-27-21(29)10-19(15-33)11-24(27)38-2/h6,9-11,13,15-16,22-23,26,32,36H,3-5,7-8,12,14H2,1-2H3,(H,30,37)/t22-,23+,26+/m1/s1. The van der Waals surface area contributed by atoms with Crippen molar-refractivity contribution < 1.29 is 43.3 Å². The number of hydrogen-bond acceptors (Lipinski definition) is 9. The van der Waals surface area contributed by atoms with E-state index in [9.17, 15) is 29.4 Å². The predicted octanol–water partition coefficient (Wildman–Crippen LogP) is 2.41. The van der Waals surface area contributed by atoms with Crippen LogP contribution in [0.25, 0.3) is 0 Å². The van der Waals surface area contributed by atoms with Crippen molar-refractivity contribution in [2.45, 2.75) is 57.4 Å². The van der Waals surface area contributed by atoms with E-state index in [0.717, 1.165) is 0 Å². The van der Waals surface area contributed by atoms with Crippen LogP contribution in [0.1, 0.15) is 48.5 Å². The van der Waals surface area contributed by atoms with Gasteiger partial charge in [0.15, 0.2) is 11.5 Å². The minimum absolute atomic E-state index is 0.0207. The second-order valence-corrected chi connectivity index (χ2v) is 10.5. The highest BCUT2D eigenvalue weighted by Gasteiger charge is 2.41. The second kappa shape index (κ2) is 15.0. The van der Waals surface area contributed by atoms with Crippen LogP contribution < -0.4 is 14.8 Å². The molecule has 0 aliphatic heterocycles. The molecule has 12 heteroatoms. The molecule has 11 nitrogen and oxygen atoms in total. The molecule has 1 aromatic carbocycles. The molecule has 1 aromatic heterocycles. The Bertz CT molecular complexity index is 1230. The number of aldehydes is 1. The molecule has 1 aliphatic carbocycles. The van der Waals surface area contributed by atoms with Crippen molar-refractivity contribution in [1.29, 1.82) is 0 Å². The van der Waals surface area contributed by atoms with Gasteiger partial charge in [0.1, 0.15) is 24.3 Å². The Morgan fingerprint density at radius 2 is 2.05 bits per heavy atom. The maximum atomic E-state index is 13.5. The van der Waals surface area contributed by atoms with Crippen LogP contribution in [0.5, 0.6) is 11.5 Å². The molecule has 1 aliphatic rings. The zero-order chi connectivity index (χ0) is 29.2. The number of hydrogen-bond donors (Lipinski definition) is 3.